The van der Waals surface area contributed by atoms with Crippen LogP contribution in [0.25, 0.3) is 21.5 Å². The number of thiophene rings is 1. The number of aromatic amines is 1. The molecule has 1 aliphatic rings. The zero-order chi connectivity index (χ0) is 18.9. The molecule has 0 atom stereocenters. The van der Waals surface area contributed by atoms with Crippen molar-refractivity contribution in [2.75, 3.05) is 31.1 Å². The van der Waals surface area contributed by atoms with Crippen LogP contribution in [0.5, 0.6) is 0 Å². The van der Waals surface area contributed by atoms with E-state index in [0.29, 0.717) is 23.5 Å². The molecule has 0 saturated carbocycles. The molecule has 0 unspecified atom stereocenters. The number of H-pyrrole nitrogens is 1. The normalized spacial score (nSPS) is 15.4. The second kappa shape index (κ2) is 7.17. The third-order valence-electron chi connectivity index (χ3n) is 4.86. The first-order valence-electron chi connectivity index (χ1n) is 9.06. The SMILES string of the molecule is O=c1[nH]c(CN2CCN(c3ncccn3)CC2)nc2scc(-c3ccco3)c12. The third kappa shape index (κ3) is 3.19. The maximum absolute atomic E-state index is 12.7. The second-order valence-electron chi connectivity index (χ2n) is 6.63. The molecular weight excluding hydrogens is 376 g/mol. The minimum atomic E-state index is -0.121. The van der Waals surface area contributed by atoms with Crippen LogP contribution < -0.4 is 10.5 Å². The Kier molecular flexibility index (Phi) is 4.38. The fraction of sp³-hybridized carbons (Fsp3) is 0.263. The van der Waals surface area contributed by atoms with Gasteiger partial charge in [-0.05, 0) is 18.2 Å². The van der Waals surface area contributed by atoms with Crippen molar-refractivity contribution in [3.63, 3.8) is 0 Å². The van der Waals surface area contributed by atoms with Crippen LogP contribution in [0.3, 0.4) is 0 Å². The van der Waals surface area contributed by atoms with Crippen LogP contribution >= 0.6 is 11.3 Å². The van der Waals surface area contributed by atoms with Crippen molar-refractivity contribution < 1.29 is 4.42 Å². The number of rotatable bonds is 4. The van der Waals surface area contributed by atoms with Crippen LogP contribution in [-0.2, 0) is 6.54 Å². The summed E-state index contributed by atoms with van der Waals surface area (Å²) in [5, 5.41) is 2.52. The highest BCUT2D eigenvalue weighted by atomic mass is 32.1. The monoisotopic (exact) mass is 394 g/mol. The van der Waals surface area contributed by atoms with Crippen LogP contribution in [0.15, 0.2) is 51.4 Å². The van der Waals surface area contributed by atoms with Gasteiger partial charge in [0.1, 0.15) is 16.4 Å². The molecule has 0 aromatic carbocycles. The fourth-order valence-corrected chi connectivity index (χ4v) is 4.40. The molecule has 0 amide bonds. The van der Waals surface area contributed by atoms with Crippen molar-refractivity contribution in [2.24, 2.45) is 0 Å². The van der Waals surface area contributed by atoms with Crippen molar-refractivity contribution in [1.82, 2.24) is 24.8 Å². The average molecular weight is 394 g/mol. The molecule has 0 spiro atoms. The van der Waals surface area contributed by atoms with Gasteiger partial charge in [0, 0.05) is 49.5 Å². The van der Waals surface area contributed by atoms with E-state index in [0.717, 1.165) is 42.5 Å². The first-order valence-corrected chi connectivity index (χ1v) is 9.94. The van der Waals surface area contributed by atoms with Crippen LogP contribution in [0.2, 0.25) is 0 Å². The first-order chi connectivity index (χ1) is 13.8. The largest absolute Gasteiger partial charge is 0.464 e. The van der Waals surface area contributed by atoms with E-state index in [1.165, 1.54) is 11.3 Å². The number of anilines is 1. The predicted molar refractivity (Wildman–Crippen MR) is 107 cm³/mol. The van der Waals surface area contributed by atoms with Crippen molar-refractivity contribution in [3.05, 3.63) is 58.4 Å². The van der Waals surface area contributed by atoms with E-state index in [1.807, 2.05) is 23.6 Å². The minimum absolute atomic E-state index is 0.121. The molecule has 5 rings (SSSR count). The molecule has 1 fully saturated rings. The Morgan fingerprint density at radius 2 is 1.96 bits per heavy atom. The Hall–Kier alpha value is -3.04. The molecule has 142 valence electrons. The molecule has 4 aromatic heterocycles. The van der Waals surface area contributed by atoms with Gasteiger partial charge in [0.15, 0.2) is 0 Å². The summed E-state index contributed by atoms with van der Waals surface area (Å²) in [7, 11) is 0. The molecular formula is C19H18N6O2S. The predicted octanol–water partition coefficient (Wildman–Crippen LogP) is 2.36. The highest BCUT2D eigenvalue weighted by Crippen LogP contribution is 2.30. The van der Waals surface area contributed by atoms with E-state index in [9.17, 15) is 4.79 Å². The zero-order valence-corrected chi connectivity index (χ0v) is 15.9. The number of nitrogens with zero attached hydrogens (tertiary/aromatic N) is 5. The van der Waals surface area contributed by atoms with Gasteiger partial charge in [0.2, 0.25) is 5.95 Å². The lowest BCUT2D eigenvalue weighted by Gasteiger charge is -2.34. The summed E-state index contributed by atoms with van der Waals surface area (Å²) in [5.41, 5.74) is 0.672. The van der Waals surface area contributed by atoms with Gasteiger partial charge in [0.05, 0.1) is 18.2 Å². The number of furan rings is 1. The van der Waals surface area contributed by atoms with Gasteiger partial charge in [-0.15, -0.1) is 11.3 Å². The standard InChI is InChI=1S/C19H18N6O2S/c26-17-16-13(14-3-1-10-27-14)12-28-18(16)23-15(22-17)11-24-6-8-25(9-7-24)19-20-4-2-5-21-19/h1-5,10,12H,6-9,11H2,(H,22,23,26). The van der Waals surface area contributed by atoms with Gasteiger partial charge in [-0.2, -0.15) is 0 Å². The summed E-state index contributed by atoms with van der Waals surface area (Å²) in [5.74, 6) is 2.14. The van der Waals surface area contributed by atoms with Gasteiger partial charge in [-0.25, -0.2) is 15.0 Å². The quantitative estimate of drug-likeness (QED) is 0.568. The summed E-state index contributed by atoms with van der Waals surface area (Å²) in [6.45, 7) is 4.03. The molecule has 28 heavy (non-hydrogen) atoms. The lowest BCUT2D eigenvalue weighted by molar-refractivity contribution is 0.243. The smallest absolute Gasteiger partial charge is 0.260 e. The van der Waals surface area contributed by atoms with Crippen LogP contribution in [0.4, 0.5) is 5.95 Å². The number of aromatic nitrogens is 4. The van der Waals surface area contributed by atoms with Gasteiger partial charge in [-0.3, -0.25) is 9.69 Å². The molecule has 1 saturated heterocycles. The molecule has 9 heteroatoms. The van der Waals surface area contributed by atoms with E-state index >= 15 is 0 Å². The molecule has 1 aliphatic heterocycles. The Morgan fingerprint density at radius 3 is 2.71 bits per heavy atom. The number of fused-ring (bicyclic) bond motifs is 1. The maximum atomic E-state index is 12.7. The van der Waals surface area contributed by atoms with Crippen molar-refractivity contribution in [2.45, 2.75) is 6.54 Å². The highest BCUT2D eigenvalue weighted by Gasteiger charge is 2.20. The fourth-order valence-electron chi connectivity index (χ4n) is 3.45. The summed E-state index contributed by atoms with van der Waals surface area (Å²) in [4.78, 5) is 34.1. The molecule has 5 heterocycles. The number of hydrogen-bond acceptors (Lipinski definition) is 8. The van der Waals surface area contributed by atoms with E-state index in [4.69, 9.17) is 4.42 Å². The number of hydrogen-bond donors (Lipinski definition) is 1. The lowest BCUT2D eigenvalue weighted by Crippen LogP contribution is -2.46. The Morgan fingerprint density at radius 1 is 1.14 bits per heavy atom. The summed E-state index contributed by atoms with van der Waals surface area (Å²) in [6.07, 6.45) is 5.13. The van der Waals surface area contributed by atoms with Crippen LogP contribution in [0.1, 0.15) is 5.82 Å². The summed E-state index contributed by atoms with van der Waals surface area (Å²) >= 11 is 1.47. The Balaban J connectivity index is 1.32. The Bertz CT molecular complexity index is 1130. The summed E-state index contributed by atoms with van der Waals surface area (Å²) < 4.78 is 5.44. The van der Waals surface area contributed by atoms with Crippen molar-refractivity contribution in [1.29, 1.82) is 0 Å². The van der Waals surface area contributed by atoms with E-state index in [1.54, 1.807) is 18.7 Å². The topological polar surface area (TPSA) is 91.2 Å². The lowest BCUT2D eigenvalue weighted by atomic mass is 10.2. The van der Waals surface area contributed by atoms with Gasteiger partial charge in [0.25, 0.3) is 5.56 Å². The maximum Gasteiger partial charge on any atom is 0.260 e. The average Bonchev–Trinajstić information content (AvgIpc) is 3.39. The molecule has 0 radical (unpaired) electrons. The highest BCUT2D eigenvalue weighted by molar-refractivity contribution is 7.17. The molecule has 8 nitrogen and oxygen atoms in total. The van der Waals surface area contributed by atoms with Gasteiger partial charge in [-0.1, -0.05) is 0 Å². The first kappa shape index (κ1) is 17.1. The Labute approximate surface area is 164 Å². The number of nitrogens with one attached hydrogen (secondary N) is 1. The van der Waals surface area contributed by atoms with Gasteiger partial charge >= 0.3 is 0 Å². The third-order valence-corrected chi connectivity index (χ3v) is 5.73. The molecule has 4 aromatic rings. The van der Waals surface area contributed by atoms with E-state index in [2.05, 4.69) is 29.7 Å². The molecule has 0 bridgehead atoms. The zero-order valence-electron chi connectivity index (χ0n) is 15.0. The number of piperazine rings is 1. The summed E-state index contributed by atoms with van der Waals surface area (Å²) in [6, 6.07) is 5.49. The molecule has 0 aliphatic carbocycles. The minimum Gasteiger partial charge on any atom is -0.464 e. The van der Waals surface area contributed by atoms with E-state index < -0.39 is 0 Å². The van der Waals surface area contributed by atoms with Crippen LogP contribution in [0, 0.1) is 0 Å². The second-order valence-corrected chi connectivity index (χ2v) is 7.49. The van der Waals surface area contributed by atoms with Crippen molar-refractivity contribution >= 4 is 27.5 Å². The van der Waals surface area contributed by atoms with Gasteiger partial charge < -0.3 is 14.3 Å². The van der Waals surface area contributed by atoms with E-state index in [-0.39, 0.29) is 5.56 Å². The van der Waals surface area contributed by atoms with Crippen molar-refractivity contribution in [3.8, 4) is 11.3 Å². The molecule has 1 N–H and O–H groups in total. The van der Waals surface area contributed by atoms with Crippen LogP contribution in [-0.4, -0.2) is 51.0 Å².